The summed E-state index contributed by atoms with van der Waals surface area (Å²) in [6.07, 6.45) is -0.233. The molecule has 0 fully saturated rings. The Morgan fingerprint density at radius 1 is 1.50 bits per heavy atom. The summed E-state index contributed by atoms with van der Waals surface area (Å²) >= 11 is 0. The van der Waals surface area contributed by atoms with E-state index in [9.17, 15) is 4.79 Å². The first-order valence-electron chi connectivity index (χ1n) is 3.47. The fourth-order valence-corrected chi connectivity index (χ4v) is 0.716. The lowest BCUT2D eigenvalue weighted by Gasteiger charge is -2.10. The van der Waals surface area contributed by atoms with Crippen molar-refractivity contribution in [2.24, 2.45) is 0 Å². The van der Waals surface area contributed by atoms with Crippen LogP contribution in [0.15, 0.2) is 24.3 Å². The maximum atomic E-state index is 10.3. The molecule has 0 aliphatic rings. The summed E-state index contributed by atoms with van der Waals surface area (Å²) in [5.41, 5.74) is 0. The van der Waals surface area contributed by atoms with Crippen LogP contribution in [0.4, 0.5) is 0 Å². The van der Waals surface area contributed by atoms with Crippen LogP contribution in [0.2, 0.25) is 0 Å². The second-order valence-electron chi connectivity index (χ2n) is 2.09. The molecule has 1 aromatic carbocycles. The molecule has 1 radical (unpaired) electrons. The third kappa shape index (κ3) is 2.36. The standard InChI is InChI=1S/C9H9O3/c1-11-9(7-10)12-8-5-3-2-4-6-8/h3-7,9H,1H3. The molecule has 0 N–H and O–H groups in total. The fraction of sp³-hybridized carbons (Fsp3) is 0.222. The Morgan fingerprint density at radius 2 is 2.17 bits per heavy atom. The maximum Gasteiger partial charge on any atom is 0.256 e. The molecular weight excluding hydrogens is 156 g/mol. The highest BCUT2D eigenvalue weighted by molar-refractivity contribution is 5.54. The molecule has 0 saturated heterocycles. The fourth-order valence-electron chi connectivity index (χ4n) is 0.716. The minimum atomic E-state index is -0.826. The highest BCUT2D eigenvalue weighted by atomic mass is 16.7. The molecule has 3 heteroatoms. The molecule has 0 heterocycles. The van der Waals surface area contributed by atoms with E-state index < -0.39 is 6.29 Å². The minimum absolute atomic E-state index is 0.590. The molecule has 0 aromatic heterocycles. The first-order valence-corrected chi connectivity index (χ1v) is 3.47. The number of aldehydes is 1. The van der Waals surface area contributed by atoms with Crippen molar-refractivity contribution in [1.29, 1.82) is 0 Å². The molecule has 0 bridgehead atoms. The van der Waals surface area contributed by atoms with Gasteiger partial charge in [0, 0.05) is 7.11 Å². The van der Waals surface area contributed by atoms with Crippen LogP contribution in [0.1, 0.15) is 0 Å². The number of hydrogen-bond acceptors (Lipinski definition) is 3. The van der Waals surface area contributed by atoms with Crippen molar-refractivity contribution in [3.63, 3.8) is 0 Å². The van der Waals surface area contributed by atoms with Gasteiger partial charge in [-0.2, -0.15) is 0 Å². The molecule has 63 valence electrons. The van der Waals surface area contributed by atoms with Gasteiger partial charge in [0.15, 0.2) is 6.29 Å². The first-order chi connectivity index (χ1) is 5.86. The summed E-state index contributed by atoms with van der Waals surface area (Å²) in [7, 11) is 1.41. The number of benzene rings is 1. The van der Waals surface area contributed by atoms with Gasteiger partial charge in [-0.3, -0.25) is 4.79 Å². The molecule has 1 atom stereocenters. The van der Waals surface area contributed by atoms with Gasteiger partial charge in [-0.25, -0.2) is 0 Å². The van der Waals surface area contributed by atoms with Crippen LogP contribution in [0, 0.1) is 6.07 Å². The predicted molar refractivity (Wildman–Crippen MR) is 42.8 cm³/mol. The molecule has 0 amide bonds. The van der Waals surface area contributed by atoms with Crippen molar-refractivity contribution >= 4 is 6.29 Å². The third-order valence-electron chi connectivity index (χ3n) is 1.28. The van der Waals surface area contributed by atoms with Crippen LogP contribution in [0.3, 0.4) is 0 Å². The number of carbonyl (C=O) groups is 1. The number of ether oxygens (including phenoxy) is 2. The Balaban J connectivity index is 2.56. The molecule has 1 rings (SSSR count). The summed E-state index contributed by atoms with van der Waals surface area (Å²) in [5, 5.41) is 0. The normalized spacial score (nSPS) is 12.1. The van der Waals surface area contributed by atoms with Gasteiger partial charge in [0.25, 0.3) is 6.29 Å². The first kappa shape index (κ1) is 8.74. The van der Waals surface area contributed by atoms with Crippen LogP contribution in [-0.2, 0) is 9.53 Å². The Hall–Kier alpha value is -1.35. The molecule has 12 heavy (non-hydrogen) atoms. The van der Waals surface area contributed by atoms with Gasteiger partial charge in [-0.15, -0.1) is 0 Å². The Labute approximate surface area is 70.9 Å². The zero-order chi connectivity index (χ0) is 8.81. The van der Waals surface area contributed by atoms with Crippen LogP contribution >= 0.6 is 0 Å². The van der Waals surface area contributed by atoms with Crippen molar-refractivity contribution in [3.05, 3.63) is 30.3 Å². The van der Waals surface area contributed by atoms with E-state index in [1.807, 2.05) is 0 Å². The van der Waals surface area contributed by atoms with E-state index >= 15 is 0 Å². The van der Waals surface area contributed by atoms with Crippen LogP contribution in [0.25, 0.3) is 0 Å². The maximum absolute atomic E-state index is 10.3. The summed E-state index contributed by atoms with van der Waals surface area (Å²) in [4.78, 5) is 10.3. The minimum Gasteiger partial charge on any atom is -0.458 e. The largest absolute Gasteiger partial charge is 0.458 e. The molecule has 3 nitrogen and oxygen atoms in total. The van der Waals surface area contributed by atoms with E-state index in [1.165, 1.54) is 7.11 Å². The highest BCUT2D eigenvalue weighted by Gasteiger charge is 2.04. The average Bonchev–Trinajstić information content (AvgIpc) is 2.16. The SMILES string of the molecule is COC(C=O)Oc1cc[c]cc1. The lowest BCUT2D eigenvalue weighted by molar-refractivity contribution is -0.132. The van der Waals surface area contributed by atoms with E-state index in [4.69, 9.17) is 9.47 Å². The van der Waals surface area contributed by atoms with Gasteiger partial charge in [0.1, 0.15) is 5.75 Å². The number of hydrogen-bond donors (Lipinski definition) is 0. The van der Waals surface area contributed by atoms with E-state index in [2.05, 4.69) is 6.07 Å². The Bertz CT molecular complexity index is 233. The van der Waals surface area contributed by atoms with Crippen LogP contribution in [0.5, 0.6) is 5.75 Å². The van der Waals surface area contributed by atoms with E-state index in [0.29, 0.717) is 12.0 Å². The Kier molecular flexibility index (Phi) is 3.29. The second kappa shape index (κ2) is 4.51. The molecule has 0 aliphatic carbocycles. The summed E-state index contributed by atoms with van der Waals surface area (Å²) in [6.45, 7) is 0. The van der Waals surface area contributed by atoms with Gasteiger partial charge >= 0.3 is 0 Å². The number of rotatable bonds is 4. The quantitative estimate of drug-likeness (QED) is 0.494. The van der Waals surface area contributed by atoms with Crippen molar-refractivity contribution < 1.29 is 14.3 Å². The zero-order valence-corrected chi connectivity index (χ0v) is 6.69. The molecular formula is C9H9O3. The topological polar surface area (TPSA) is 35.5 Å². The lowest BCUT2D eigenvalue weighted by atomic mass is 10.3. The van der Waals surface area contributed by atoms with Crippen LogP contribution < -0.4 is 4.74 Å². The van der Waals surface area contributed by atoms with Gasteiger partial charge < -0.3 is 9.47 Å². The zero-order valence-electron chi connectivity index (χ0n) is 6.69. The van der Waals surface area contributed by atoms with E-state index in [-0.39, 0.29) is 0 Å². The molecule has 1 aromatic rings. The molecule has 0 spiro atoms. The van der Waals surface area contributed by atoms with Gasteiger partial charge in [0.05, 0.1) is 0 Å². The smallest absolute Gasteiger partial charge is 0.256 e. The molecule has 0 aliphatic heterocycles. The van der Waals surface area contributed by atoms with Crippen molar-refractivity contribution in [3.8, 4) is 5.75 Å². The van der Waals surface area contributed by atoms with Crippen molar-refractivity contribution in [2.75, 3.05) is 7.11 Å². The number of carbonyl (C=O) groups excluding carboxylic acids is 1. The van der Waals surface area contributed by atoms with Gasteiger partial charge in [-0.1, -0.05) is 12.1 Å². The van der Waals surface area contributed by atoms with Crippen LogP contribution in [-0.4, -0.2) is 19.7 Å². The van der Waals surface area contributed by atoms with Gasteiger partial charge in [0.2, 0.25) is 0 Å². The highest BCUT2D eigenvalue weighted by Crippen LogP contribution is 2.09. The second-order valence-corrected chi connectivity index (χ2v) is 2.09. The number of methoxy groups -OCH3 is 1. The summed E-state index contributed by atoms with van der Waals surface area (Å²) in [5.74, 6) is 0.590. The predicted octanol–water partition coefficient (Wildman–Crippen LogP) is 1.04. The van der Waals surface area contributed by atoms with E-state index in [0.717, 1.165) is 0 Å². The summed E-state index contributed by atoms with van der Waals surface area (Å²) in [6, 6.07) is 9.64. The van der Waals surface area contributed by atoms with E-state index in [1.54, 1.807) is 24.3 Å². The lowest BCUT2D eigenvalue weighted by Crippen LogP contribution is -2.19. The molecule has 0 saturated carbocycles. The Morgan fingerprint density at radius 3 is 2.67 bits per heavy atom. The molecule has 1 unspecified atom stereocenters. The summed E-state index contributed by atoms with van der Waals surface area (Å²) < 4.78 is 9.81. The van der Waals surface area contributed by atoms with Gasteiger partial charge in [-0.05, 0) is 18.2 Å². The third-order valence-corrected chi connectivity index (χ3v) is 1.28. The monoisotopic (exact) mass is 165 g/mol. The van der Waals surface area contributed by atoms with Crippen molar-refractivity contribution in [2.45, 2.75) is 6.29 Å². The van der Waals surface area contributed by atoms with Crippen molar-refractivity contribution in [1.82, 2.24) is 0 Å². The average molecular weight is 165 g/mol.